The number of imide groups is 2. The normalized spacial score (nSPS) is 28.1. The zero-order valence-corrected chi connectivity index (χ0v) is 25.9. The second-order valence-electron chi connectivity index (χ2n) is 12.6. The van der Waals surface area contributed by atoms with Gasteiger partial charge in [-0.1, -0.05) is 35.9 Å². The molecule has 4 amide bonds. The summed E-state index contributed by atoms with van der Waals surface area (Å²) in [5, 5.41) is 20.3. The number of phenolic OH excluding ortho intramolecular Hbond substituents is 1. The number of para-hydroxylation sites is 1. The summed E-state index contributed by atoms with van der Waals surface area (Å²) in [7, 11) is 2.80. The minimum atomic E-state index is -1.30. The van der Waals surface area contributed by atoms with Crippen molar-refractivity contribution in [1.82, 2.24) is 0 Å². The minimum absolute atomic E-state index is 0.0587. The highest BCUT2D eigenvalue weighted by atomic mass is 16.5. The number of carboxylic acid groups (broad SMARTS) is 1. The smallest absolute Gasteiger partial charge is 0.335 e. The molecular weight excluding hydrogens is 604 g/mol. The van der Waals surface area contributed by atoms with Gasteiger partial charge in [0.25, 0.3) is 0 Å². The molecule has 0 radical (unpaired) electrons. The Hall–Kier alpha value is -5.45. The molecular formula is C36H32N2O9. The van der Waals surface area contributed by atoms with Gasteiger partial charge in [-0.2, -0.15) is 0 Å². The van der Waals surface area contributed by atoms with Crippen LogP contribution in [0.15, 0.2) is 78.4 Å². The average Bonchev–Trinajstić information content (AvgIpc) is 3.44. The summed E-state index contributed by atoms with van der Waals surface area (Å²) >= 11 is 0. The summed E-state index contributed by atoms with van der Waals surface area (Å²) in [6.07, 6.45) is 2.28. The predicted molar refractivity (Wildman–Crippen MR) is 168 cm³/mol. The number of anilines is 2. The Morgan fingerprint density at radius 2 is 1.49 bits per heavy atom. The molecule has 2 saturated heterocycles. The van der Waals surface area contributed by atoms with Crippen molar-refractivity contribution >= 4 is 41.0 Å². The number of hydrogen-bond donors (Lipinski definition) is 2. The van der Waals surface area contributed by atoms with E-state index >= 15 is 0 Å². The van der Waals surface area contributed by atoms with Crippen molar-refractivity contribution in [2.45, 2.75) is 25.7 Å². The molecule has 2 aliphatic heterocycles. The predicted octanol–water partition coefficient (Wildman–Crippen LogP) is 4.54. The number of aromatic hydroxyl groups is 1. The first-order chi connectivity index (χ1) is 22.5. The number of benzene rings is 3. The number of carbonyl (C=O) groups excluding carboxylic acids is 4. The number of ether oxygens (including phenoxy) is 2. The molecule has 0 bridgehead atoms. The molecule has 3 fully saturated rings. The molecule has 2 N–H and O–H groups in total. The SMILES string of the molecule is COc1cc(C2C3=CCC4C(=O)N(c5cccc(C(=O)O)c5)C(=O)C4C3CC3C(=O)N(c4ccccc4)C(=O)C32C)cc(OC)c1O. The van der Waals surface area contributed by atoms with Crippen molar-refractivity contribution in [3.63, 3.8) is 0 Å². The topological polar surface area (TPSA) is 151 Å². The van der Waals surface area contributed by atoms with Gasteiger partial charge in [0.1, 0.15) is 0 Å². The van der Waals surface area contributed by atoms with Crippen molar-refractivity contribution in [2.75, 3.05) is 24.0 Å². The van der Waals surface area contributed by atoms with Crippen LogP contribution in [0.25, 0.3) is 0 Å². The Labute approximate surface area is 270 Å². The number of carbonyl (C=O) groups is 5. The van der Waals surface area contributed by atoms with E-state index in [1.807, 2.05) is 6.08 Å². The highest BCUT2D eigenvalue weighted by Crippen LogP contribution is 2.64. The third-order valence-electron chi connectivity index (χ3n) is 10.5. The second-order valence-corrected chi connectivity index (χ2v) is 12.6. The fraction of sp³-hybridized carbons (Fsp3) is 0.306. The lowest BCUT2D eigenvalue weighted by Gasteiger charge is -2.49. The van der Waals surface area contributed by atoms with Crippen LogP contribution in [-0.4, -0.2) is 54.0 Å². The molecule has 240 valence electrons. The van der Waals surface area contributed by atoms with Crippen LogP contribution in [0.1, 0.15) is 41.6 Å². The Bertz CT molecular complexity index is 1880. The lowest BCUT2D eigenvalue weighted by molar-refractivity contribution is -0.131. The molecule has 2 aliphatic carbocycles. The minimum Gasteiger partial charge on any atom is -0.502 e. The number of hydrogen-bond acceptors (Lipinski definition) is 8. The van der Waals surface area contributed by atoms with Gasteiger partial charge in [-0.25, -0.2) is 9.69 Å². The quantitative estimate of drug-likeness (QED) is 0.294. The first-order valence-electron chi connectivity index (χ1n) is 15.3. The maximum absolute atomic E-state index is 14.6. The van der Waals surface area contributed by atoms with E-state index < -0.39 is 64.6 Å². The monoisotopic (exact) mass is 636 g/mol. The van der Waals surface area contributed by atoms with Gasteiger partial charge in [0.2, 0.25) is 29.4 Å². The first kappa shape index (κ1) is 30.2. The fourth-order valence-corrected chi connectivity index (χ4v) is 8.33. The molecule has 6 atom stereocenters. The summed E-state index contributed by atoms with van der Waals surface area (Å²) in [5.41, 5.74) is 0.551. The number of carboxylic acids is 1. The number of allylic oxidation sites excluding steroid dienone is 2. The molecule has 3 aromatic carbocycles. The van der Waals surface area contributed by atoms with Crippen LogP contribution < -0.4 is 19.3 Å². The van der Waals surface area contributed by atoms with Gasteiger partial charge in [-0.05, 0) is 73.7 Å². The van der Waals surface area contributed by atoms with Crippen LogP contribution in [0.3, 0.4) is 0 Å². The summed E-state index contributed by atoms with van der Waals surface area (Å²) < 4.78 is 10.9. The third-order valence-corrected chi connectivity index (χ3v) is 10.5. The lowest BCUT2D eigenvalue weighted by atomic mass is 9.51. The highest BCUT2D eigenvalue weighted by Gasteiger charge is 2.67. The van der Waals surface area contributed by atoms with E-state index in [1.54, 1.807) is 49.4 Å². The summed E-state index contributed by atoms with van der Waals surface area (Å²) in [6, 6.07) is 17.6. The molecule has 11 nitrogen and oxygen atoms in total. The maximum atomic E-state index is 14.6. The Kier molecular flexibility index (Phi) is 6.96. The van der Waals surface area contributed by atoms with E-state index in [0.717, 1.165) is 10.5 Å². The van der Waals surface area contributed by atoms with E-state index in [9.17, 15) is 34.2 Å². The maximum Gasteiger partial charge on any atom is 0.335 e. The Morgan fingerprint density at radius 1 is 0.830 bits per heavy atom. The fourth-order valence-electron chi connectivity index (χ4n) is 8.33. The van der Waals surface area contributed by atoms with Gasteiger partial charge in [0.15, 0.2) is 11.5 Å². The van der Waals surface area contributed by atoms with Gasteiger partial charge in [0, 0.05) is 5.92 Å². The second kappa shape index (κ2) is 10.8. The van der Waals surface area contributed by atoms with E-state index in [-0.39, 0.29) is 41.3 Å². The van der Waals surface area contributed by atoms with Crippen LogP contribution in [0, 0.1) is 29.1 Å². The number of phenols is 1. The third kappa shape index (κ3) is 4.22. The van der Waals surface area contributed by atoms with Gasteiger partial charge in [0.05, 0.1) is 54.3 Å². The van der Waals surface area contributed by atoms with Gasteiger partial charge >= 0.3 is 5.97 Å². The van der Waals surface area contributed by atoms with Crippen LogP contribution in [-0.2, 0) is 19.2 Å². The molecule has 0 spiro atoms. The molecule has 7 rings (SSSR count). The van der Waals surface area contributed by atoms with Gasteiger partial charge < -0.3 is 19.7 Å². The number of fused-ring (bicyclic) bond motifs is 4. The van der Waals surface area contributed by atoms with Gasteiger partial charge in [-0.3, -0.25) is 24.1 Å². The first-order valence-corrected chi connectivity index (χ1v) is 15.3. The van der Waals surface area contributed by atoms with Crippen LogP contribution in [0.4, 0.5) is 11.4 Å². The van der Waals surface area contributed by atoms with Crippen LogP contribution >= 0.6 is 0 Å². The Morgan fingerprint density at radius 3 is 2.13 bits per heavy atom. The molecule has 3 aromatic rings. The number of nitrogens with zero attached hydrogens (tertiary/aromatic N) is 2. The zero-order valence-electron chi connectivity index (χ0n) is 25.9. The summed E-state index contributed by atoms with van der Waals surface area (Å²) in [5.74, 6) is -6.61. The lowest BCUT2D eigenvalue weighted by Crippen LogP contribution is -2.48. The highest BCUT2D eigenvalue weighted by molar-refractivity contribution is 6.25. The molecule has 4 aliphatic rings. The van der Waals surface area contributed by atoms with E-state index in [2.05, 4.69) is 0 Å². The van der Waals surface area contributed by atoms with Crippen molar-refractivity contribution in [3.8, 4) is 17.2 Å². The Balaban J connectivity index is 1.39. The van der Waals surface area contributed by atoms with E-state index in [0.29, 0.717) is 11.3 Å². The van der Waals surface area contributed by atoms with E-state index in [4.69, 9.17) is 9.47 Å². The van der Waals surface area contributed by atoms with Crippen LogP contribution in [0.2, 0.25) is 0 Å². The van der Waals surface area contributed by atoms with Crippen molar-refractivity contribution in [1.29, 1.82) is 0 Å². The van der Waals surface area contributed by atoms with Gasteiger partial charge in [-0.15, -0.1) is 0 Å². The molecule has 47 heavy (non-hydrogen) atoms. The summed E-state index contributed by atoms with van der Waals surface area (Å²) in [4.78, 5) is 71.0. The van der Waals surface area contributed by atoms with Crippen LogP contribution in [0.5, 0.6) is 17.2 Å². The molecule has 6 unspecified atom stereocenters. The molecule has 0 aromatic heterocycles. The molecule has 2 heterocycles. The zero-order chi connectivity index (χ0) is 33.4. The number of aromatic carboxylic acids is 1. The average molecular weight is 637 g/mol. The number of rotatable bonds is 6. The van der Waals surface area contributed by atoms with Crippen molar-refractivity contribution in [2.24, 2.45) is 29.1 Å². The summed E-state index contributed by atoms with van der Waals surface area (Å²) in [6.45, 7) is 1.77. The van der Waals surface area contributed by atoms with Crippen molar-refractivity contribution < 1.29 is 43.7 Å². The largest absolute Gasteiger partial charge is 0.502 e. The number of methoxy groups -OCH3 is 2. The standard InChI is InChI=1S/C36H32N2O9/c1-36-25(32(41)38(35(36)45)20-9-5-4-6-10-20)17-24-22(29(36)19-15-26(46-2)30(39)27(16-19)47-3)12-13-23-28(24)33(42)37(31(23)40)21-11-7-8-18(14-21)34(43)44/h4-12,14-16,23-25,28-29,39H,13,17H2,1-3H3,(H,43,44). The van der Waals surface area contributed by atoms with Crippen molar-refractivity contribution in [3.05, 3.63) is 89.5 Å². The molecule has 11 heteroatoms. The molecule has 1 saturated carbocycles. The number of amides is 4. The van der Waals surface area contributed by atoms with E-state index in [1.165, 1.54) is 43.4 Å².